The first-order valence-corrected chi connectivity index (χ1v) is 7.50. The van der Waals surface area contributed by atoms with E-state index in [0.717, 1.165) is 15.3 Å². The van der Waals surface area contributed by atoms with E-state index in [1.54, 1.807) is 11.8 Å². The monoisotopic (exact) mass is 322 g/mol. The molecular formula is C14H15BrN2S. The van der Waals surface area contributed by atoms with Crippen molar-refractivity contribution in [3.8, 4) is 0 Å². The van der Waals surface area contributed by atoms with Crippen molar-refractivity contribution in [2.24, 2.45) is 5.73 Å². The van der Waals surface area contributed by atoms with Crippen LogP contribution in [0.25, 0.3) is 0 Å². The third-order valence-electron chi connectivity index (χ3n) is 2.73. The molecule has 4 heteroatoms. The van der Waals surface area contributed by atoms with Crippen LogP contribution in [0, 0.1) is 6.92 Å². The van der Waals surface area contributed by atoms with E-state index in [9.17, 15) is 0 Å². The molecule has 2 N–H and O–H groups in total. The first kappa shape index (κ1) is 13.6. The number of nitrogens with two attached hydrogens (primary N) is 1. The first-order valence-electron chi connectivity index (χ1n) is 5.72. The highest BCUT2D eigenvalue weighted by molar-refractivity contribution is 9.10. The summed E-state index contributed by atoms with van der Waals surface area (Å²) in [6, 6.07) is 10.3. The third kappa shape index (κ3) is 3.34. The van der Waals surface area contributed by atoms with E-state index in [1.165, 1.54) is 16.7 Å². The lowest BCUT2D eigenvalue weighted by molar-refractivity contribution is 1.06. The molecule has 0 aliphatic heterocycles. The van der Waals surface area contributed by atoms with Gasteiger partial charge in [-0.25, -0.2) is 4.98 Å². The number of hydrogen-bond acceptors (Lipinski definition) is 3. The Hall–Kier alpha value is -0.840. The van der Waals surface area contributed by atoms with Crippen molar-refractivity contribution in [2.75, 3.05) is 0 Å². The summed E-state index contributed by atoms with van der Waals surface area (Å²) < 4.78 is 1.05. The molecule has 0 fully saturated rings. The summed E-state index contributed by atoms with van der Waals surface area (Å²) in [5, 5.41) is 1.03. The first-order chi connectivity index (χ1) is 8.70. The molecule has 0 saturated carbocycles. The summed E-state index contributed by atoms with van der Waals surface area (Å²) in [4.78, 5) is 4.35. The SMILES string of the molecule is Cc1cc(CN)ccc1CSc1ncccc1Br. The summed E-state index contributed by atoms with van der Waals surface area (Å²) >= 11 is 5.25. The van der Waals surface area contributed by atoms with Gasteiger partial charge in [-0.05, 0) is 51.7 Å². The van der Waals surface area contributed by atoms with Crippen molar-refractivity contribution < 1.29 is 0 Å². The molecule has 1 aromatic carbocycles. The summed E-state index contributed by atoms with van der Waals surface area (Å²) in [7, 11) is 0. The average Bonchev–Trinajstić information content (AvgIpc) is 2.39. The molecule has 0 spiro atoms. The maximum atomic E-state index is 5.63. The van der Waals surface area contributed by atoms with Crippen LogP contribution in [0.2, 0.25) is 0 Å². The summed E-state index contributed by atoms with van der Waals surface area (Å²) in [6.45, 7) is 2.72. The predicted molar refractivity (Wildman–Crippen MR) is 80.6 cm³/mol. The maximum absolute atomic E-state index is 5.63. The molecule has 0 radical (unpaired) electrons. The van der Waals surface area contributed by atoms with Gasteiger partial charge in [-0.2, -0.15) is 0 Å². The minimum absolute atomic E-state index is 0.597. The van der Waals surface area contributed by atoms with Gasteiger partial charge < -0.3 is 5.73 Å². The zero-order valence-corrected chi connectivity index (χ0v) is 12.6. The molecule has 2 rings (SSSR count). The van der Waals surface area contributed by atoms with E-state index in [0.29, 0.717) is 6.54 Å². The van der Waals surface area contributed by atoms with Gasteiger partial charge >= 0.3 is 0 Å². The van der Waals surface area contributed by atoms with Crippen molar-refractivity contribution in [2.45, 2.75) is 24.2 Å². The second-order valence-corrected chi connectivity index (χ2v) is 5.86. The minimum Gasteiger partial charge on any atom is -0.326 e. The van der Waals surface area contributed by atoms with E-state index < -0.39 is 0 Å². The normalized spacial score (nSPS) is 10.6. The Morgan fingerprint density at radius 2 is 2.17 bits per heavy atom. The molecule has 0 bridgehead atoms. The van der Waals surface area contributed by atoms with Crippen LogP contribution in [0.1, 0.15) is 16.7 Å². The quantitative estimate of drug-likeness (QED) is 0.867. The molecule has 0 aliphatic carbocycles. The summed E-state index contributed by atoms with van der Waals surface area (Å²) in [6.07, 6.45) is 1.82. The number of pyridine rings is 1. The van der Waals surface area contributed by atoms with Crippen LogP contribution in [0.5, 0.6) is 0 Å². The lowest BCUT2D eigenvalue weighted by atomic mass is 10.1. The highest BCUT2D eigenvalue weighted by Crippen LogP contribution is 2.28. The Balaban J connectivity index is 2.09. The van der Waals surface area contributed by atoms with Gasteiger partial charge in [0.15, 0.2) is 0 Å². The summed E-state index contributed by atoms with van der Waals surface area (Å²) in [5.41, 5.74) is 9.43. The molecule has 2 nitrogen and oxygen atoms in total. The second-order valence-electron chi connectivity index (χ2n) is 4.04. The fourth-order valence-corrected chi connectivity index (χ4v) is 3.23. The summed E-state index contributed by atoms with van der Waals surface area (Å²) in [5.74, 6) is 0.923. The van der Waals surface area contributed by atoms with Gasteiger partial charge in [0.05, 0.1) is 0 Å². The topological polar surface area (TPSA) is 38.9 Å². The van der Waals surface area contributed by atoms with E-state index in [1.807, 2.05) is 18.3 Å². The van der Waals surface area contributed by atoms with Gasteiger partial charge in [0.2, 0.25) is 0 Å². The maximum Gasteiger partial charge on any atom is 0.110 e. The van der Waals surface area contributed by atoms with Crippen LogP contribution in [-0.4, -0.2) is 4.98 Å². The molecule has 0 aliphatic rings. The Morgan fingerprint density at radius 1 is 1.33 bits per heavy atom. The highest BCUT2D eigenvalue weighted by Gasteiger charge is 2.04. The fraction of sp³-hybridized carbons (Fsp3) is 0.214. The predicted octanol–water partition coefficient (Wildman–Crippen LogP) is 3.90. The van der Waals surface area contributed by atoms with Crippen molar-refractivity contribution in [3.05, 3.63) is 57.7 Å². The molecule has 2 aromatic rings. The molecule has 1 heterocycles. The Morgan fingerprint density at radius 3 is 2.83 bits per heavy atom. The smallest absolute Gasteiger partial charge is 0.110 e. The van der Waals surface area contributed by atoms with E-state index in [4.69, 9.17) is 5.73 Å². The van der Waals surface area contributed by atoms with Crippen LogP contribution >= 0.6 is 27.7 Å². The molecule has 18 heavy (non-hydrogen) atoms. The number of thioether (sulfide) groups is 1. The molecular weight excluding hydrogens is 308 g/mol. The zero-order chi connectivity index (χ0) is 13.0. The number of halogens is 1. The van der Waals surface area contributed by atoms with Gasteiger partial charge in [-0.3, -0.25) is 0 Å². The Labute approximate surface area is 120 Å². The van der Waals surface area contributed by atoms with Gasteiger partial charge in [-0.15, -0.1) is 11.8 Å². The second kappa shape index (κ2) is 6.36. The Bertz CT molecular complexity index is 543. The van der Waals surface area contributed by atoms with Crippen LogP contribution in [0.15, 0.2) is 46.0 Å². The van der Waals surface area contributed by atoms with Crippen molar-refractivity contribution >= 4 is 27.7 Å². The number of hydrogen-bond donors (Lipinski definition) is 1. The van der Waals surface area contributed by atoms with Crippen molar-refractivity contribution in [1.29, 1.82) is 0 Å². The van der Waals surface area contributed by atoms with Gasteiger partial charge in [0.1, 0.15) is 5.03 Å². The van der Waals surface area contributed by atoms with Gasteiger partial charge in [-0.1, -0.05) is 18.2 Å². The Kier molecular flexibility index (Phi) is 4.80. The number of aromatic nitrogens is 1. The van der Waals surface area contributed by atoms with Crippen molar-refractivity contribution in [1.82, 2.24) is 4.98 Å². The van der Waals surface area contributed by atoms with E-state index in [-0.39, 0.29) is 0 Å². The number of aryl methyl sites for hydroxylation is 1. The lowest BCUT2D eigenvalue weighted by Gasteiger charge is -2.08. The van der Waals surface area contributed by atoms with E-state index >= 15 is 0 Å². The highest BCUT2D eigenvalue weighted by atomic mass is 79.9. The van der Waals surface area contributed by atoms with Crippen molar-refractivity contribution in [3.63, 3.8) is 0 Å². The lowest BCUT2D eigenvalue weighted by Crippen LogP contribution is -1.98. The van der Waals surface area contributed by atoms with E-state index in [2.05, 4.69) is 46.0 Å². The van der Waals surface area contributed by atoms with Crippen LogP contribution in [-0.2, 0) is 12.3 Å². The van der Waals surface area contributed by atoms with Gasteiger partial charge in [0.25, 0.3) is 0 Å². The number of benzene rings is 1. The molecule has 0 amide bonds. The number of rotatable bonds is 4. The van der Waals surface area contributed by atoms with Crippen LogP contribution in [0.3, 0.4) is 0 Å². The molecule has 0 saturated heterocycles. The van der Waals surface area contributed by atoms with Gasteiger partial charge in [0, 0.05) is 23.0 Å². The molecule has 1 aromatic heterocycles. The zero-order valence-electron chi connectivity index (χ0n) is 10.2. The molecule has 0 unspecified atom stereocenters. The number of nitrogens with zero attached hydrogens (tertiary/aromatic N) is 1. The third-order valence-corrected chi connectivity index (χ3v) is 4.69. The minimum atomic E-state index is 0.597. The molecule has 0 atom stereocenters. The average molecular weight is 323 g/mol. The van der Waals surface area contributed by atoms with Crippen LogP contribution < -0.4 is 5.73 Å². The largest absolute Gasteiger partial charge is 0.326 e. The van der Waals surface area contributed by atoms with Crippen LogP contribution in [0.4, 0.5) is 0 Å². The standard InChI is InChI=1S/C14H15BrN2S/c1-10-7-11(8-16)4-5-12(10)9-18-14-13(15)3-2-6-17-14/h2-7H,8-9,16H2,1H3. The fourth-order valence-electron chi connectivity index (χ4n) is 1.67. The molecule has 94 valence electrons.